The summed E-state index contributed by atoms with van der Waals surface area (Å²) < 4.78 is 16.2. The SMILES string of the molecule is Cc1cn2cc(-c3ncc4cc(N5C[C@H](C)NC6(CC6)C5)ccc4n3)cc(F)c2n1. The molecule has 30 heavy (non-hydrogen) atoms. The Balaban J connectivity index is 1.36. The van der Waals surface area contributed by atoms with E-state index in [9.17, 15) is 4.39 Å². The van der Waals surface area contributed by atoms with Gasteiger partial charge in [-0.3, -0.25) is 0 Å². The molecular formula is C23H23FN6. The van der Waals surface area contributed by atoms with Crippen molar-refractivity contribution in [2.45, 2.75) is 38.3 Å². The zero-order chi connectivity index (χ0) is 20.5. The van der Waals surface area contributed by atoms with E-state index in [1.165, 1.54) is 24.6 Å². The van der Waals surface area contributed by atoms with Crippen LogP contribution in [0.25, 0.3) is 27.9 Å². The van der Waals surface area contributed by atoms with Gasteiger partial charge in [-0.05, 0) is 51.0 Å². The number of pyridine rings is 1. The van der Waals surface area contributed by atoms with E-state index in [2.05, 4.69) is 39.2 Å². The first-order chi connectivity index (χ1) is 14.5. The van der Waals surface area contributed by atoms with Crippen LogP contribution in [-0.2, 0) is 0 Å². The third kappa shape index (κ3) is 2.92. The fourth-order valence-corrected chi connectivity index (χ4v) is 4.68. The van der Waals surface area contributed by atoms with E-state index in [1.54, 1.807) is 10.6 Å². The fraction of sp³-hybridized carbons (Fsp3) is 0.348. The Hall–Kier alpha value is -3.06. The molecule has 1 saturated carbocycles. The van der Waals surface area contributed by atoms with Crippen molar-refractivity contribution >= 4 is 22.2 Å². The third-order valence-electron chi connectivity index (χ3n) is 6.21. The summed E-state index contributed by atoms with van der Waals surface area (Å²) in [5.41, 5.74) is 4.10. The topological polar surface area (TPSA) is 58.4 Å². The van der Waals surface area contributed by atoms with Gasteiger partial charge in [0, 0.05) is 59.9 Å². The average molecular weight is 402 g/mol. The van der Waals surface area contributed by atoms with Crippen molar-refractivity contribution in [2.24, 2.45) is 0 Å². The molecule has 1 aliphatic carbocycles. The summed E-state index contributed by atoms with van der Waals surface area (Å²) in [4.78, 5) is 15.9. The fourth-order valence-electron chi connectivity index (χ4n) is 4.68. The number of aryl methyl sites for hydroxylation is 1. The number of anilines is 1. The molecule has 3 aromatic heterocycles. The molecule has 1 N–H and O–H groups in total. The van der Waals surface area contributed by atoms with Crippen LogP contribution in [0.5, 0.6) is 0 Å². The quantitative estimate of drug-likeness (QED) is 0.554. The summed E-state index contributed by atoms with van der Waals surface area (Å²) in [5, 5.41) is 4.74. The summed E-state index contributed by atoms with van der Waals surface area (Å²) in [6, 6.07) is 8.27. The number of nitrogens with one attached hydrogen (secondary N) is 1. The number of imidazole rings is 1. The van der Waals surface area contributed by atoms with Crippen molar-refractivity contribution in [3.05, 3.63) is 54.4 Å². The molecule has 0 unspecified atom stereocenters. The van der Waals surface area contributed by atoms with Gasteiger partial charge < -0.3 is 14.6 Å². The van der Waals surface area contributed by atoms with Gasteiger partial charge in [-0.1, -0.05) is 0 Å². The second kappa shape index (κ2) is 6.22. The molecule has 6 rings (SSSR count). The van der Waals surface area contributed by atoms with Gasteiger partial charge in [0.2, 0.25) is 0 Å². The van der Waals surface area contributed by atoms with E-state index in [4.69, 9.17) is 4.98 Å². The molecule has 1 aliphatic heterocycles. The molecule has 0 bridgehead atoms. The number of hydrogen-bond donors (Lipinski definition) is 1. The second-order valence-electron chi connectivity index (χ2n) is 8.83. The summed E-state index contributed by atoms with van der Waals surface area (Å²) >= 11 is 0. The van der Waals surface area contributed by atoms with Gasteiger partial charge in [0.1, 0.15) is 0 Å². The van der Waals surface area contributed by atoms with Crippen LogP contribution >= 0.6 is 0 Å². The van der Waals surface area contributed by atoms with E-state index in [-0.39, 0.29) is 5.82 Å². The normalized spacial score (nSPS) is 20.4. The van der Waals surface area contributed by atoms with E-state index < -0.39 is 0 Å². The van der Waals surface area contributed by atoms with Gasteiger partial charge in [-0.25, -0.2) is 19.3 Å². The lowest BCUT2D eigenvalue weighted by Gasteiger charge is -2.39. The van der Waals surface area contributed by atoms with Crippen LogP contribution in [0.1, 0.15) is 25.5 Å². The lowest BCUT2D eigenvalue weighted by atomic mass is 10.1. The van der Waals surface area contributed by atoms with Crippen LogP contribution in [0.3, 0.4) is 0 Å². The molecular weight excluding hydrogens is 379 g/mol. The molecule has 0 amide bonds. The Kier molecular flexibility index (Phi) is 3.68. The highest BCUT2D eigenvalue weighted by molar-refractivity contribution is 5.83. The van der Waals surface area contributed by atoms with Crippen molar-refractivity contribution < 1.29 is 4.39 Å². The van der Waals surface area contributed by atoms with Gasteiger partial charge in [-0.15, -0.1) is 0 Å². The highest BCUT2D eigenvalue weighted by atomic mass is 19.1. The van der Waals surface area contributed by atoms with Crippen LogP contribution in [-0.4, -0.2) is 44.0 Å². The number of fused-ring (bicyclic) bond motifs is 2. The number of halogens is 1. The van der Waals surface area contributed by atoms with E-state index in [0.29, 0.717) is 28.6 Å². The maximum absolute atomic E-state index is 14.5. The first-order valence-corrected chi connectivity index (χ1v) is 10.4. The Morgan fingerprint density at radius 3 is 2.87 bits per heavy atom. The van der Waals surface area contributed by atoms with Crippen molar-refractivity contribution in [3.8, 4) is 11.4 Å². The van der Waals surface area contributed by atoms with Crippen molar-refractivity contribution in [1.29, 1.82) is 0 Å². The first kappa shape index (κ1) is 17.8. The largest absolute Gasteiger partial charge is 0.368 e. The summed E-state index contributed by atoms with van der Waals surface area (Å²) in [6.07, 6.45) is 7.97. The van der Waals surface area contributed by atoms with Gasteiger partial charge in [0.25, 0.3) is 0 Å². The Bertz CT molecular complexity index is 1290. The van der Waals surface area contributed by atoms with Gasteiger partial charge in [0.05, 0.1) is 11.2 Å². The maximum Gasteiger partial charge on any atom is 0.173 e. The monoisotopic (exact) mass is 402 g/mol. The molecule has 0 radical (unpaired) electrons. The Labute approximate surface area is 173 Å². The van der Waals surface area contributed by atoms with E-state index in [1.807, 2.05) is 25.4 Å². The number of nitrogens with zero attached hydrogens (tertiary/aromatic N) is 5. The molecule has 1 atom stereocenters. The zero-order valence-corrected chi connectivity index (χ0v) is 17.1. The average Bonchev–Trinajstić information content (AvgIpc) is 3.33. The van der Waals surface area contributed by atoms with Crippen molar-refractivity contribution in [3.63, 3.8) is 0 Å². The number of hydrogen-bond acceptors (Lipinski definition) is 5. The lowest BCUT2D eigenvalue weighted by molar-refractivity contribution is 0.372. The van der Waals surface area contributed by atoms with Crippen LogP contribution in [0.15, 0.2) is 42.9 Å². The highest BCUT2D eigenvalue weighted by Crippen LogP contribution is 2.40. The van der Waals surface area contributed by atoms with E-state index >= 15 is 0 Å². The number of rotatable bonds is 2. The second-order valence-corrected chi connectivity index (χ2v) is 8.83. The maximum atomic E-state index is 14.5. The van der Waals surface area contributed by atoms with Crippen LogP contribution in [0.4, 0.5) is 10.1 Å². The minimum atomic E-state index is -0.374. The minimum absolute atomic E-state index is 0.307. The summed E-state index contributed by atoms with van der Waals surface area (Å²) in [6.45, 7) is 6.14. The molecule has 2 aliphatic rings. The molecule has 6 nitrogen and oxygen atoms in total. The molecule has 1 saturated heterocycles. The molecule has 152 valence electrons. The predicted molar refractivity (Wildman–Crippen MR) is 115 cm³/mol. The third-order valence-corrected chi connectivity index (χ3v) is 6.21. The van der Waals surface area contributed by atoms with E-state index in [0.717, 1.165) is 29.7 Å². The van der Waals surface area contributed by atoms with Crippen LogP contribution in [0.2, 0.25) is 0 Å². The Morgan fingerprint density at radius 2 is 2.03 bits per heavy atom. The van der Waals surface area contributed by atoms with Crippen LogP contribution in [0, 0.1) is 12.7 Å². The molecule has 4 heterocycles. The molecule has 2 fully saturated rings. The molecule has 1 aromatic carbocycles. The first-order valence-electron chi connectivity index (χ1n) is 10.4. The Morgan fingerprint density at radius 1 is 1.17 bits per heavy atom. The van der Waals surface area contributed by atoms with Crippen molar-refractivity contribution in [1.82, 2.24) is 24.7 Å². The molecule has 7 heteroatoms. The summed E-state index contributed by atoms with van der Waals surface area (Å²) in [7, 11) is 0. The van der Waals surface area contributed by atoms with Gasteiger partial charge in [-0.2, -0.15) is 0 Å². The highest BCUT2D eigenvalue weighted by Gasteiger charge is 2.47. The standard InChI is InChI=1S/C23H23FN6/c1-14-10-29-12-17(8-19(24)22(29)26-14)21-25-9-16-7-18(3-4-20(16)27-21)30-11-15(2)28-23(13-30)5-6-23/h3-4,7-10,12,15,28H,5-6,11,13H2,1-2H3/t15-/m0/s1. The number of piperazine rings is 1. The smallest absolute Gasteiger partial charge is 0.173 e. The molecule has 1 spiro atoms. The van der Waals surface area contributed by atoms with Crippen molar-refractivity contribution in [2.75, 3.05) is 18.0 Å². The number of aromatic nitrogens is 4. The predicted octanol–water partition coefficient (Wildman–Crippen LogP) is 3.72. The number of benzene rings is 1. The summed E-state index contributed by atoms with van der Waals surface area (Å²) in [5.74, 6) is 0.136. The zero-order valence-electron chi connectivity index (χ0n) is 17.1. The minimum Gasteiger partial charge on any atom is -0.368 e. The lowest BCUT2D eigenvalue weighted by Crippen LogP contribution is -2.57. The van der Waals surface area contributed by atoms with Gasteiger partial charge >= 0.3 is 0 Å². The van der Waals surface area contributed by atoms with Crippen LogP contribution < -0.4 is 10.2 Å². The molecule has 4 aromatic rings. The van der Waals surface area contributed by atoms with Gasteiger partial charge in [0.15, 0.2) is 17.3 Å².